The lowest BCUT2D eigenvalue weighted by Gasteiger charge is -2.26. The van der Waals surface area contributed by atoms with Gasteiger partial charge in [0, 0.05) is 5.56 Å². The van der Waals surface area contributed by atoms with E-state index in [9.17, 15) is 9.59 Å². The molecule has 1 aromatic heterocycles. The maximum atomic E-state index is 13.7. The number of rotatable bonds is 6. The second kappa shape index (κ2) is 9.42. The van der Waals surface area contributed by atoms with Crippen molar-refractivity contribution in [3.8, 4) is 17.2 Å². The zero-order valence-electron chi connectivity index (χ0n) is 19.6. The van der Waals surface area contributed by atoms with Crippen LogP contribution in [0.15, 0.2) is 63.5 Å². The molecule has 3 aromatic rings. The van der Waals surface area contributed by atoms with Crippen molar-refractivity contribution in [3.05, 3.63) is 84.5 Å². The molecule has 2 aliphatic rings. The van der Waals surface area contributed by atoms with Crippen molar-refractivity contribution in [1.82, 2.24) is 4.57 Å². The van der Waals surface area contributed by atoms with Crippen LogP contribution in [0.25, 0.3) is 6.08 Å². The molecule has 0 fully saturated rings. The Hall–Kier alpha value is -3.85. The lowest BCUT2D eigenvalue weighted by atomic mass is 9.95. The van der Waals surface area contributed by atoms with Gasteiger partial charge < -0.3 is 18.9 Å². The zero-order valence-corrected chi connectivity index (χ0v) is 20.4. The Morgan fingerprint density at radius 2 is 1.97 bits per heavy atom. The summed E-state index contributed by atoms with van der Waals surface area (Å²) in [6.45, 7) is 6.23. The van der Waals surface area contributed by atoms with E-state index in [1.54, 1.807) is 24.5 Å². The van der Waals surface area contributed by atoms with Crippen molar-refractivity contribution in [3.63, 3.8) is 0 Å². The van der Waals surface area contributed by atoms with Crippen LogP contribution in [0, 0.1) is 0 Å². The van der Waals surface area contributed by atoms with Crippen LogP contribution in [0.4, 0.5) is 0 Å². The van der Waals surface area contributed by atoms with Crippen LogP contribution in [-0.4, -0.2) is 30.5 Å². The van der Waals surface area contributed by atoms with Crippen LogP contribution in [-0.2, 0) is 9.53 Å². The molecule has 0 bridgehead atoms. The first kappa shape index (κ1) is 22.9. The zero-order chi connectivity index (χ0) is 24.5. The number of esters is 1. The van der Waals surface area contributed by atoms with E-state index in [0.717, 1.165) is 5.56 Å². The molecule has 8 nitrogen and oxygen atoms in total. The molecule has 0 saturated heterocycles. The van der Waals surface area contributed by atoms with Gasteiger partial charge in [-0.2, -0.15) is 0 Å². The largest absolute Gasteiger partial charge is 0.494 e. The number of allylic oxidation sites excluding steroid dienone is 1. The number of hydrogen-bond donors (Lipinski definition) is 0. The number of hydrogen-bond acceptors (Lipinski definition) is 8. The lowest BCUT2D eigenvalue weighted by molar-refractivity contribution is -0.139. The highest BCUT2D eigenvalue weighted by Crippen LogP contribution is 2.36. The first-order valence-corrected chi connectivity index (χ1v) is 12.1. The van der Waals surface area contributed by atoms with Gasteiger partial charge in [-0.15, -0.1) is 0 Å². The van der Waals surface area contributed by atoms with Gasteiger partial charge in [-0.25, -0.2) is 9.79 Å². The fourth-order valence-corrected chi connectivity index (χ4v) is 5.28. The lowest BCUT2D eigenvalue weighted by Crippen LogP contribution is -2.40. The van der Waals surface area contributed by atoms with E-state index in [1.807, 2.05) is 49.4 Å². The minimum Gasteiger partial charge on any atom is -0.494 e. The monoisotopic (exact) mass is 492 g/mol. The topological polar surface area (TPSA) is 88.4 Å². The van der Waals surface area contributed by atoms with E-state index in [1.165, 1.54) is 11.3 Å². The minimum atomic E-state index is -0.730. The molecule has 1 unspecified atom stereocenters. The number of para-hydroxylation sites is 1. The van der Waals surface area contributed by atoms with Gasteiger partial charge in [-0.3, -0.25) is 9.36 Å². The molecule has 180 valence electrons. The third-order valence-corrected chi connectivity index (χ3v) is 6.71. The number of thiazole rings is 1. The number of nitrogens with zero attached hydrogens (tertiary/aromatic N) is 2. The van der Waals surface area contributed by atoms with E-state index in [4.69, 9.17) is 18.9 Å². The van der Waals surface area contributed by atoms with Crippen molar-refractivity contribution in [2.45, 2.75) is 26.8 Å². The van der Waals surface area contributed by atoms with E-state index >= 15 is 0 Å². The quantitative estimate of drug-likeness (QED) is 0.492. The Bertz CT molecular complexity index is 1520. The highest BCUT2D eigenvalue weighted by molar-refractivity contribution is 7.07. The third-order valence-electron chi connectivity index (χ3n) is 5.72. The van der Waals surface area contributed by atoms with Crippen molar-refractivity contribution in [2.24, 2.45) is 4.99 Å². The summed E-state index contributed by atoms with van der Waals surface area (Å²) in [6, 6.07) is 12.2. The van der Waals surface area contributed by atoms with Gasteiger partial charge in [0.25, 0.3) is 5.56 Å². The predicted octanol–water partition coefficient (Wildman–Crippen LogP) is 2.93. The molecule has 0 saturated carbocycles. The standard InChI is InChI=1S/C26H24N2O6S/c1-4-31-18-9-7-6-8-17(18)23-22(25(30)32-5-2)15(3)27-26-28(23)24(29)21(35-26)13-16-10-11-19-20(12-16)34-14-33-19/h6-13,23H,4-5,14H2,1-3H3/b21-13-. The minimum absolute atomic E-state index is 0.177. The molecule has 2 aliphatic heterocycles. The fraction of sp³-hybridized carbons (Fsp3) is 0.269. The smallest absolute Gasteiger partial charge is 0.338 e. The molecule has 0 N–H and O–H groups in total. The first-order valence-electron chi connectivity index (χ1n) is 11.3. The molecule has 35 heavy (non-hydrogen) atoms. The van der Waals surface area contributed by atoms with Crippen LogP contribution in [0.5, 0.6) is 17.2 Å². The normalized spacial score (nSPS) is 16.7. The summed E-state index contributed by atoms with van der Waals surface area (Å²) >= 11 is 1.27. The van der Waals surface area contributed by atoms with Gasteiger partial charge in [-0.1, -0.05) is 35.6 Å². The van der Waals surface area contributed by atoms with Gasteiger partial charge in [0.2, 0.25) is 6.79 Å². The Labute approximate surface area is 205 Å². The van der Waals surface area contributed by atoms with Gasteiger partial charge in [0.1, 0.15) is 11.8 Å². The number of carbonyl (C=O) groups is 1. The summed E-state index contributed by atoms with van der Waals surface area (Å²) in [6.07, 6.45) is 1.79. The molecule has 0 aliphatic carbocycles. The van der Waals surface area contributed by atoms with Gasteiger partial charge in [0.15, 0.2) is 16.3 Å². The van der Waals surface area contributed by atoms with Crippen molar-refractivity contribution in [2.75, 3.05) is 20.0 Å². The van der Waals surface area contributed by atoms with Gasteiger partial charge in [-0.05, 0) is 50.6 Å². The van der Waals surface area contributed by atoms with Crippen LogP contribution in [0.3, 0.4) is 0 Å². The number of fused-ring (bicyclic) bond motifs is 2. The van der Waals surface area contributed by atoms with Crippen molar-refractivity contribution >= 4 is 23.4 Å². The van der Waals surface area contributed by atoms with Crippen LogP contribution in [0.2, 0.25) is 0 Å². The molecular formula is C26H24N2O6S. The third kappa shape index (κ3) is 4.12. The summed E-state index contributed by atoms with van der Waals surface area (Å²) in [7, 11) is 0. The number of ether oxygens (including phenoxy) is 4. The highest BCUT2D eigenvalue weighted by atomic mass is 32.1. The van der Waals surface area contributed by atoms with Crippen LogP contribution in [0.1, 0.15) is 37.9 Å². The van der Waals surface area contributed by atoms with Crippen molar-refractivity contribution < 1.29 is 23.7 Å². The molecule has 0 amide bonds. The van der Waals surface area contributed by atoms with Crippen molar-refractivity contribution in [1.29, 1.82) is 0 Å². The summed E-state index contributed by atoms with van der Waals surface area (Å²) < 4.78 is 24.1. The molecule has 2 aromatic carbocycles. The summed E-state index contributed by atoms with van der Waals surface area (Å²) in [5.74, 6) is 1.40. The molecule has 5 rings (SSSR count). The van der Waals surface area contributed by atoms with Crippen LogP contribution >= 0.6 is 11.3 Å². The second-order valence-corrected chi connectivity index (χ2v) is 8.89. The number of aromatic nitrogens is 1. The van der Waals surface area contributed by atoms with Crippen LogP contribution < -0.4 is 29.1 Å². The molecule has 0 radical (unpaired) electrons. The van der Waals surface area contributed by atoms with E-state index in [0.29, 0.717) is 50.0 Å². The maximum Gasteiger partial charge on any atom is 0.338 e. The summed E-state index contributed by atoms with van der Waals surface area (Å²) in [4.78, 5) is 31.9. The Morgan fingerprint density at radius 3 is 2.77 bits per heavy atom. The van der Waals surface area contributed by atoms with Gasteiger partial charge >= 0.3 is 5.97 Å². The predicted molar refractivity (Wildman–Crippen MR) is 131 cm³/mol. The highest BCUT2D eigenvalue weighted by Gasteiger charge is 2.35. The van der Waals surface area contributed by atoms with E-state index < -0.39 is 12.0 Å². The van der Waals surface area contributed by atoms with Gasteiger partial charge in [0.05, 0.1) is 29.0 Å². The van der Waals surface area contributed by atoms with E-state index in [2.05, 4.69) is 4.99 Å². The summed E-state index contributed by atoms with van der Waals surface area (Å²) in [5, 5.41) is 0. The molecule has 0 spiro atoms. The maximum absolute atomic E-state index is 13.7. The number of benzene rings is 2. The molecule has 1 atom stereocenters. The Kier molecular flexibility index (Phi) is 6.17. The number of carbonyl (C=O) groups excluding carboxylic acids is 1. The molecule has 3 heterocycles. The van der Waals surface area contributed by atoms with E-state index in [-0.39, 0.29) is 19.0 Å². The average molecular weight is 493 g/mol. The fourth-order valence-electron chi connectivity index (χ4n) is 4.23. The molecule has 9 heteroatoms. The molecular weight excluding hydrogens is 468 g/mol. The second-order valence-electron chi connectivity index (χ2n) is 7.89. The average Bonchev–Trinajstić information content (AvgIpc) is 3.43. The Morgan fingerprint density at radius 1 is 1.17 bits per heavy atom. The summed E-state index contributed by atoms with van der Waals surface area (Å²) in [5.41, 5.74) is 2.07. The first-order chi connectivity index (χ1) is 17.0. The SMILES string of the molecule is CCOC(=O)C1=C(C)N=c2s/c(=C\c3ccc4c(c3)OCO4)c(=O)n2C1c1ccccc1OCC. The Balaban J connectivity index is 1.71.